The quantitative estimate of drug-likeness (QED) is 0.853. The first kappa shape index (κ1) is 14.9. The van der Waals surface area contributed by atoms with E-state index in [2.05, 4.69) is 35.0 Å². The van der Waals surface area contributed by atoms with E-state index >= 15 is 0 Å². The SMILES string of the molecule is COC[C@@H]1CCC[C@@]12CN(Cc1cccc(C)n1)CCO2. The smallest absolute Gasteiger partial charge is 0.0859 e. The molecule has 1 aromatic rings. The zero-order valence-electron chi connectivity index (χ0n) is 13.2. The molecule has 0 N–H and O–H groups in total. The average Bonchev–Trinajstić information content (AvgIpc) is 2.82. The maximum absolute atomic E-state index is 6.24. The number of nitrogens with zero attached hydrogens (tertiary/aromatic N) is 2. The molecule has 2 heterocycles. The molecule has 0 bridgehead atoms. The monoisotopic (exact) mass is 290 g/mol. The summed E-state index contributed by atoms with van der Waals surface area (Å²) in [7, 11) is 1.79. The largest absolute Gasteiger partial charge is 0.384 e. The van der Waals surface area contributed by atoms with Gasteiger partial charge in [0.2, 0.25) is 0 Å². The predicted octanol–water partition coefficient (Wildman–Crippen LogP) is 2.41. The highest BCUT2D eigenvalue weighted by molar-refractivity contribution is 5.10. The van der Waals surface area contributed by atoms with Crippen LogP contribution in [0.25, 0.3) is 0 Å². The van der Waals surface area contributed by atoms with E-state index in [4.69, 9.17) is 9.47 Å². The first-order valence-electron chi connectivity index (χ1n) is 8.00. The molecule has 1 aromatic heterocycles. The van der Waals surface area contributed by atoms with Gasteiger partial charge in [0.05, 0.1) is 24.5 Å². The van der Waals surface area contributed by atoms with Crippen LogP contribution in [0.15, 0.2) is 18.2 Å². The van der Waals surface area contributed by atoms with Gasteiger partial charge in [0.25, 0.3) is 0 Å². The number of ether oxygens (including phenoxy) is 2. The Hall–Kier alpha value is -0.970. The van der Waals surface area contributed by atoms with Crippen LogP contribution >= 0.6 is 0 Å². The van der Waals surface area contributed by atoms with Crippen molar-refractivity contribution in [1.29, 1.82) is 0 Å². The third kappa shape index (κ3) is 3.28. The van der Waals surface area contributed by atoms with Crippen molar-refractivity contribution in [3.8, 4) is 0 Å². The van der Waals surface area contributed by atoms with Gasteiger partial charge in [0.15, 0.2) is 0 Å². The van der Waals surface area contributed by atoms with E-state index in [1.165, 1.54) is 19.3 Å². The van der Waals surface area contributed by atoms with Gasteiger partial charge >= 0.3 is 0 Å². The van der Waals surface area contributed by atoms with Gasteiger partial charge in [-0.05, 0) is 31.9 Å². The van der Waals surface area contributed by atoms with Crippen molar-refractivity contribution in [3.63, 3.8) is 0 Å². The number of pyridine rings is 1. The normalized spacial score (nSPS) is 30.1. The minimum atomic E-state index is 0.0120. The van der Waals surface area contributed by atoms with Crippen molar-refractivity contribution in [2.24, 2.45) is 5.92 Å². The van der Waals surface area contributed by atoms with Crippen LogP contribution < -0.4 is 0 Å². The highest BCUT2D eigenvalue weighted by atomic mass is 16.5. The van der Waals surface area contributed by atoms with Crippen molar-refractivity contribution in [2.45, 2.75) is 38.3 Å². The minimum Gasteiger partial charge on any atom is -0.384 e. The number of morpholine rings is 1. The molecule has 1 saturated carbocycles. The molecule has 0 radical (unpaired) electrons. The molecule has 2 atom stereocenters. The summed E-state index contributed by atoms with van der Waals surface area (Å²) >= 11 is 0. The van der Waals surface area contributed by atoms with Crippen molar-refractivity contribution >= 4 is 0 Å². The Morgan fingerprint density at radius 2 is 2.38 bits per heavy atom. The molecule has 4 nitrogen and oxygen atoms in total. The van der Waals surface area contributed by atoms with Gasteiger partial charge in [-0.25, -0.2) is 0 Å². The zero-order chi connectivity index (χ0) is 14.7. The maximum Gasteiger partial charge on any atom is 0.0859 e. The van der Waals surface area contributed by atoms with Crippen LogP contribution in [-0.4, -0.2) is 48.9 Å². The highest BCUT2D eigenvalue weighted by Crippen LogP contribution is 2.41. The van der Waals surface area contributed by atoms with Gasteiger partial charge in [0, 0.05) is 38.4 Å². The van der Waals surface area contributed by atoms with Gasteiger partial charge in [-0.2, -0.15) is 0 Å². The minimum absolute atomic E-state index is 0.0120. The molecule has 21 heavy (non-hydrogen) atoms. The van der Waals surface area contributed by atoms with E-state index in [9.17, 15) is 0 Å². The topological polar surface area (TPSA) is 34.6 Å². The summed E-state index contributed by atoms with van der Waals surface area (Å²) in [5.41, 5.74) is 2.26. The summed E-state index contributed by atoms with van der Waals surface area (Å²) in [6.07, 6.45) is 3.65. The molecule has 0 aromatic carbocycles. The van der Waals surface area contributed by atoms with Crippen LogP contribution in [0, 0.1) is 12.8 Å². The third-order valence-corrected chi connectivity index (χ3v) is 4.88. The van der Waals surface area contributed by atoms with Crippen LogP contribution in [0.2, 0.25) is 0 Å². The second kappa shape index (κ2) is 6.42. The molecular formula is C17H26N2O2. The molecule has 3 rings (SSSR count). The fourth-order valence-corrected chi connectivity index (χ4v) is 3.88. The lowest BCUT2D eigenvalue weighted by atomic mass is 9.89. The standard InChI is InChI=1S/C17H26N2O2/c1-14-5-3-7-16(18-14)11-19-9-10-21-17(13-19)8-4-6-15(17)12-20-2/h3,5,7,15H,4,6,8-13H2,1-2H3/t15-,17+/m0/s1. The van der Waals surface area contributed by atoms with Crippen LogP contribution in [-0.2, 0) is 16.0 Å². The van der Waals surface area contributed by atoms with E-state index in [1.807, 2.05) is 0 Å². The molecule has 0 amide bonds. The van der Waals surface area contributed by atoms with Gasteiger partial charge in [-0.3, -0.25) is 9.88 Å². The summed E-state index contributed by atoms with van der Waals surface area (Å²) in [4.78, 5) is 7.13. The molecular weight excluding hydrogens is 264 g/mol. The van der Waals surface area contributed by atoms with Gasteiger partial charge < -0.3 is 9.47 Å². The number of hydrogen-bond donors (Lipinski definition) is 0. The fraction of sp³-hybridized carbons (Fsp3) is 0.706. The van der Waals surface area contributed by atoms with E-state index in [0.717, 1.165) is 44.2 Å². The highest BCUT2D eigenvalue weighted by Gasteiger charge is 2.46. The molecule has 0 unspecified atom stereocenters. The molecule has 1 spiro atoms. The van der Waals surface area contributed by atoms with Crippen LogP contribution in [0.3, 0.4) is 0 Å². The Balaban J connectivity index is 1.68. The van der Waals surface area contributed by atoms with Crippen molar-refractivity contribution in [3.05, 3.63) is 29.6 Å². The first-order chi connectivity index (χ1) is 10.2. The summed E-state index contributed by atoms with van der Waals surface area (Å²) in [6.45, 7) is 6.62. The van der Waals surface area contributed by atoms with E-state index < -0.39 is 0 Å². The van der Waals surface area contributed by atoms with E-state index in [0.29, 0.717) is 5.92 Å². The Kier molecular flexibility index (Phi) is 4.57. The van der Waals surface area contributed by atoms with E-state index in [1.54, 1.807) is 7.11 Å². The van der Waals surface area contributed by atoms with Crippen molar-refractivity contribution in [1.82, 2.24) is 9.88 Å². The van der Waals surface area contributed by atoms with Gasteiger partial charge in [-0.15, -0.1) is 0 Å². The molecule has 116 valence electrons. The summed E-state index contributed by atoms with van der Waals surface area (Å²) in [5.74, 6) is 0.538. The van der Waals surface area contributed by atoms with Crippen LogP contribution in [0.4, 0.5) is 0 Å². The number of methoxy groups -OCH3 is 1. The summed E-state index contributed by atoms with van der Waals surface area (Å²) in [5, 5.41) is 0. The second-order valence-corrected chi connectivity index (χ2v) is 6.44. The number of hydrogen-bond acceptors (Lipinski definition) is 4. The third-order valence-electron chi connectivity index (χ3n) is 4.88. The lowest BCUT2D eigenvalue weighted by Crippen LogP contribution is -2.54. The summed E-state index contributed by atoms with van der Waals surface area (Å²) < 4.78 is 11.7. The Morgan fingerprint density at radius 3 is 3.19 bits per heavy atom. The zero-order valence-corrected chi connectivity index (χ0v) is 13.2. The van der Waals surface area contributed by atoms with Crippen molar-refractivity contribution in [2.75, 3.05) is 33.4 Å². The second-order valence-electron chi connectivity index (χ2n) is 6.44. The van der Waals surface area contributed by atoms with Gasteiger partial charge in [-0.1, -0.05) is 12.5 Å². The number of aryl methyl sites for hydroxylation is 1. The average molecular weight is 290 g/mol. The van der Waals surface area contributed by atoms with Gasteiger partial charge in [0.1, 0.15) is 0 Å². The lowest BCUT2D eigenvalue weighted by Gasteiger charge is -2.44. The number of aromatic nitrogens is 1. The van der Waals surface area contributed by atoms with Crippen LogP contribution in [0.1, 0.15) is 30.7 Å². The predicted molar refractivity (Wildman–Crippen MR) is 82.2 cm³/mol. The Bertz CT molecular complexity index is 480. The maximum atomic E-state index is 6.24. The Labute approximate surface area is 127 Å². The van der Waals surface area contributed by atoms with E-state index in [-0.39, 0.29) is 5.60 Å². The number of rotatable bonds is 4. The lowest BCUT2D eigenvalue weighted by molar-refractivity contribution is -0.141. The Morgan fingerprint density at radius 1 is 1.48 bits per heavy atom. The first-order valence-corrected chi connectivity index (χ1v) is 8.00. The molecule has 1 saturated heterocycles. The molecule has 2 fully saturated rings. The van der Waals surface area contributed by atoms with Crippen molar-refractivity contribution < 1.29 is 9.47 Å². The molecule has 2 aliphatic rings. The summed E-state index contributed by atoms with van der Waals surface area (Å²) in [6, 6.07) is 6.27. The fourth-order valence-electron chi connectivity index (χ4n) is 3.88. The van der Waals surface area contributed by atoms with Crippen LogP contribution in [0.5, 0.6) is 0 Å². The molecule has 4 heteroatoms. The molecule has 1 aliphatic heterocycles. The molecule has 1 aliphatic carbocycles.